The van der Waals surface area contributed by atoms with Crippen LogP contribution in [0.4, 0.5) is 5.69 Å². The Morgan fingerprint density at radius 2 is 1.41 bits per heavy atom. The van der Waals surface area contributed by atoms with Crippen LogP contribution in [0.15, 0.2) is 36.4 Å². The highest BCUT2D eigenvalue weighted by Crippen LogP contribution is 2.38. The molecule has 2 aromatic carbocycles. The van der Waals surface area contributed by atoms with Gasteiger partial charge >= 0.3 is 0 Å². The van der Waals surface area contributed by atoms with E-state index in [1.54, 1.807) is 40.6 Å². The fourth-order valence-electron chi connectivity index (χ4n) is 3.57. The molecule has 156 valence electrons. The van der Waals surface area contributed by atoms with Gasteiger partial charge in [0.1, 0.15) is 5.75 Å². The van der Waals surface area contributed by atoms with Crippen LogP contribution >= 0.6 is 0 Å². The van der Waals surface area contributed by atoms with Crippen molar-refractivity contribution in [3.05, 3.63) is 42.0 Å². The molecule has 0 bridgehead atoms. The van der Waals surface area contributed by atoms with E-state index in [9.17, 15) is 4.79 Å². The molecule has 0 spiro atoms. The zero-order valence-corrected chi connectivity index (χ0v) is 17.4. The molecule has 1 heterocycles. The van der Waals surface area contributed by atoms with E-state index in [0.717, 1.165) is 37.6 Å². The molecule has 29 heavy (non-hydrogen) atoms. The van der Waals surface area contributed by atoms with Gasteiger partial charge in [-0.15, -0.1) is 0 Å². The molecule has 1 aliphatic heterocycles. The van der Waals surface area contributed by atoms with Crippen molar-refractivity contribution in [2.24, 2.45) is 0 Å². The van der Waals surface area contributed by atoms with Gasteiger partial charge in [0.05, 0.1) is 40.7 Å². The van der Waals surface area contributed by atoms with Crippen molar-refractivity contribution in [1.29, 1.82) is 0 Å². The van der Waals surface area contributed by atoms with Crippen LogP contribution in [0.5, 0.6) is 23.0 Å². The monoisotopic (exact) mass is 400 g/mol. The molecular formula is C22H28N2O5. The summed E-state index contributed by atoms with van der Waals surface area (Å²) < 4.78 is 21.5. The van der Waals surface area contributed by atoms with E-state index in [1.165, 1.54) is 0 Å². The second-order valence-corrected chi connectivity index (χ2v) is 6.77. The minimum absolute atomic E-state index is 0.0231. The van der Waals surface area contributed by atoms with Gasteiger partial charge in [0.2, 0.25) is 5.75 Å². The average molecular weight is 400 g/mol. The maximum atomic E-state index is 12.9. The number of hydrogen-bond donors (Lipinski definition) is 0. The van der Waals surface area contributed by atoms with Crippen molar-refractivity contribution in [3.8, 4) is 23.0 Å². The highest BCUT2D eigenvalue weighted by Gasteiger charge is 2.23. The van der Waals surface area contributed by atoms with E-state index in [2.05, 4.69) is 15.9 Å². The molecule has 1 saturated heterocycles. The Kier molecular flexibility index (Phi) is 6.82. The first-order chi connectivity index (χ1) is 14.1. The molecule has 0 saturated carbocycles. The molecule has 1 aliphatic rings. The van der Waals surface area contributed by atoms with Crippen molar-refractivity contribution in [3.63, 3.8) is 0 Å². The summed E-state index contributed by atoms with van der Waals surface area (Å²) in [6.07, 6.45) is 0. The van der Waals surface area contributed by atoms with Gasteiger partial charge in [0.25, 0.3) is 0 Å². The Balaban J connectivity index is 1.65. The van der Waals surface area contributed by atoms with E-state index < -0.39 is 0 Å². The highest BCUT2D eigenvalue weighted by molar-refractivity contribution is 5.98. The van der Waals surface area contributed by atoms with Gasteiger partial charge in [-0.25, -0.2) is 0 Å². The zero-order chi connectivity index (χ0) is 20.8. The maximum absolute atomic E-state index is 12.9. The second kappa shape index (κ2) is 9.52. The van der Waals surface area contributed by atoms with Crippen molar-refractivity contribution < 1.29 is 23.7 Å². The number of ketones is 1. The summed E-state index contributed by atoms with van der Waals surface area (Å²) in [4.78, 5) is 17.3. The predicted octanol–water partition coefficient (Wildman–Crippen LogP) is 2.73. The molecule has 3 rings (SSSR count). The summed E-state index contributed by atoms with van der Waals surface area (Å²) in [5.41, 5.74) is 1.64. The Labute approximate surface area is 171 Å². The number of Topliss-reactive ketones (excluding diaryl/α,β-unsaturated/α-hetero) is 1. The average Bonchev–Trinajstić information content (AvgIpc) is 2.78. The van der Waals surface area contributed by atoms with E-state index >= 15 is 0 Å². The molecule has 2 aromatic rings. The van der Waals surface area contributed by atoms with Crippen LogP contribution in [-0.2, 0) is 0 Å². The number of rotatable bonds is 8. The Bertz CT molecular complexity index is 822. The maximum Gasteiger partial charge on any atom is 0.203 e. The fourth-order valence-corrected chi connectivity index (χ4v) is 3.57. The van der Waals surface area contributed by atoms with Crippen molar-refractivity contribution in [2.45, 2.75) is 0 Å². The van der Waals surface area contributed by atoms with Crippen LogP contribution in [0.2, 0.25) is 0 Å². The molecule has 0 amide bonds. The SMILES string of the molecule is COc1ccccc1N1CCN(CC(=O)c2cc(OC)c(OC)c(OC)c2)CC1. The number of anilines is 1. The van der Waals surface area contributed by atoms with Crippen LogP contribution in [0, 0.1) is 0 Å². The molecule has 0 unspecified atom stereocenters. The van der Waals surface area contributed by atoms with Crippen molar-refractivity contribution in [1.82, 2.24) is 4.90 Å². The van der Waals surface area contributed by atoms with Crippen LogP contribution < -0.4 is 23.8 Å². The zero-order valence-electron chi connectivity index (χ0n) is 17.4. The van der Waals surface area contributed by atoms with Gasteiger partial charge in [0.15, 0.2) is 17.3 Å². The summed E-state index contributed by atoms with van der Waals surface area (Å²) in [5, 5.41) is 0. The first kappa shape index (κ1) is 20.8. The second-order valence-electron chi connectivity index (χ2n) is 6.77. The molecule has 0 atom stereocenters. The van der Waals surface area contributed by atoms with Gasteiger partial charge < -0.3 is 23.8 Å². The van der Waals surface area contributed by atoms with Crippen molar-refractivity contribution >= 4 is 11.5 Å². The van der Waals surface area contributed by atoms with Gasteiger partial charge in [0, 0.05) is 31.7 Å². The van der Waals surface area contributed by atoms with Gasteiger partial charge in [-0.05, 0) is 24.3 Å². The largest absolute Gasteiger partial charge is 0.495 e. The summed E-state index contributed by atoms with van der Waals surface area (Å²) in [6.45, 7) is 3.62. The van der Waals surface area contributed by atoms with Crippen LogP contribution in [-0.4, -0.2) is 71.8 Å². The third kappa shape index (κ3) is 4.56. The van der Waals surface area contributed by atoms with Gasteiger partial charge in [-0.2, -0.15) is 0 Å². The molecular weight excluding hydrogens is 372 g/mol. The van der Waals surface area contributed by atoms with Gasteiger partial charge in [-0.1, -0.05) is 12.1 Å². The van der Waals surface area contributed by atoms with E-state index in [4.69, 9.17) is 18.9 Å². The molecule has 1 fully saturated rings. The van der Waals surface area contributed by atoms with E-state index in [0.29, 0.717) is 29.4 Å². The molecule has 7 nitrogen and oxygen atoms in total. The molecule has 0 N–H and O–H groups in total. The van der Waals surface area contributed by atoms with Crippen molar-refractivity contribution in [2.75, 3.05) is 66.1 Å². The number of benzene rings is 2. The number of nitrogens with zero attached hydrogens (tertiary/aromatic N) is 2. The first-order valence-corrected chi connectivity index (χ1v) is 9.54. The minimum atomic E-state index is 0.0231. The standard InChI is InChI=1S/C22H28N2O5/c1-26-19-8-6-5-7-17(19)24-11-9-23(10-12-24)15-18(25)16-13-20(27-2)22(29-4)21(14-16)28-3/h5-8,13-14H,9-12,15H2,1-4H3. The topological polar surface area (TPSA) is 60.5 Å². The number of carbonyl (C=O) groups is 1. The number of methoxy groups -OCH3 is 4. The third-order valence-electron chi connectivity index (χ3n) is 5.15. The normalized spacial score (nSPS) is 14.4. The summed E-state index contributed by atoms with van der Waals surface area (Å²) >= 11 is 0. The number of piperazine rings is 1. The molecule has 0 aliphatic carbocycles. The van der Waals surface area contributed by atoms with E-state index in [-0.39, 0.29) is 5.78 Å². The fraction of sp³-hybridized carbons (Fsp3) is 0.409. The molecule has 0 aromatic heterocycles. The molecule has 0 radical (unpaired) electrons. The summed E-state index contributed by atoms with van der Waals surface area (Å²) in [6, 6.07) is 11.4. The third-order valence-corrected chi connectivity index (χ3v) is 5.15. The van der Waals surface area contributed by atoms with Gasteiger partial charge in [-0.3, -0.25) is 9.69 Å². The highest BCUT2D eigenvalue weighted by atomic mass is 16.5. The molecule has 7 heteroatoms. The lowest BCUT2D eigenvalue weighted by Crippen LogP contribution is -2.48. The number of carbonyl (C=O) groups excluding carboxylic acids is 1. The minimum Gasteiger partial charge on any atom is -0.495 e. The number of hydrogen-bond acceptors (Lipinski definition) is 7. The van der Waals surface area contributed by atoms with E-state index in [1.807, 2.05) is 18.2 Å². The predicted molar refractivity (Wildman–Crippen MR) is 112 cm³/mol. The Morgan fingerprint density at radius 1 is 0.828 bits per heavy atom. The lowest BCUT2D eigenvalue weighted by Gasteiger charge is -2.36. The quantitative estimate of drug-likeness (QED) is 0.632. The summed E-state index contributed by atoms with van der Waals surface area (Å²) in [7, 11) is 6.32. The summed E-state index contributed by atoms with van der Waals surface area (Å²) in [5.74, 6) is 2.34. The van der Waals surface area contributed by atoms with Crippen LogP contribution in [0.25, 0.3) is 0 Å². The lowest BCUT2D eigenvalue weighted by atomic mass is 10.1. The first-order valence-electron chi connectivity index (χ1n) is 9.54. The number of ether oxygens (including phenoxy) is 4. The number of para-hydroxylation sites is 2. The Hall–Kier alpha value is -2.93. The van der Waals surface area contributed by atoms with Crippen LogP contribution in [0.1, 0.15) is 10.4 Å². The Morgan fingerprint density at radius 3 is 1.97 bits per heavy atom. The lowest BCUT2D eigenvalue weighted by molar-refractivity contribution is 0.0925. The smallest absolute Gasteiger partial charge is 0.203 e. The van der Waals surface area contributed by atoms with Crippen LogP contribution in [0.3, 0.4) is 0 Å².